The number of nitrogens with zero attached hydrogens (tertiary/aromatic N) is 1. The number of halogens is 2. The van der Waals surface area contributed by atoms with E-state index in [2.05, 4.69) is 0 Å². The van der Waals surface area contributed by atoms with Crippen LogP contribution in [0.15, 0.2) is 18.2 Å². The van der Waals surface area contributed by atoms with Crippen LogP contribution in [0, 0.1) is 11.6 Å². The molecule has 0 atom stereocenters. The van der Waals surface area contributed by atoms with E-state index in [9.17, 15) is 13.6 Å². The van der Waals surface area contributed by atoms with Crippen molar-refractivity contribution >= 4 is 5.78 Å². The molecule has 94 valence electrons. The van der Waals surface area contributed by atoms with Gasteiger partial charge in [-0.05, 0) is 33.0 Å². The maximum Gasteiger partial charge on any atom is 0.130 e. The minimum Gasteiger partial charge on any atom is -0.302 e. The van der Waals surface area contributed by atoms with Crippen LogP contribution in [0.25, 0.3) is 0 Å². The third kappa shape index (κ3) is 5.04. The second-order valence-electron chi connectivity index (χ2n) is 4.28. The summed E-state index contributed by atoms with van der Waals surface area (Å²) in [5, 5.41) is 0. The van der Waals surface area contributed by atoms with Gasteiger partial charge in [-0.2, -0.15) is 0 Å². The monoisotopic (exact) mass is 241 g/mol. The first-order valence-electron chi connectivity index (χ1n) is 5.61. The predicted molar refractivity (Wildman–Crippen MR) is 62.6 cm³/mol. The zero-order valence-electron chi connectivity index (χ0n) is 10.2. The first-order valence-corrected chi connectivity index (χ1v) is 5.61. The molecule has 0 aromatic heterocycles. The van der Waals surface area contributed by atoms with Crippen LogP contribution in [0.4, 0.5) is 8.78 Å². The van der Waals surface area contributed by atoms with Crippen molar-refractivity contribution in [1.29, 1.82) is 0 Å². The molecule has 0 aliphatic heterocycles. The lowest BCUT2D eigenvalue weighted by atomic mass is 10.2. The van der Waals surface area contributed by atoms with Crippen molar-refractivity contribution in [2.24, 2.45) is 0 Å². The van der Waals surface area contributed by atoms with E-state index in [-0.39, 0.29) is 5.78 Å². The van der Waals surface area contributed by atoms with Gasteiger partial charge in [-0.15, -0.1) is 0 Å². The average molecular weight is 241 g/mol. The van der Waals surface area contributed by atoms with Gasteiger partial charge in [0.2, 0.25) is 0 Å². The van der Waals surface area contributed by atoms with Crippen LogP contribution in [0.3, 0.4) is 0 Å². The topological polar surface area (TPSA) is 20.3 Å². The number of hydrogen-bond acceptors (Lipinski definition) is 2. The number of Topliss-reactive ketones (excluding diaryl/α,β-unsaturated/α-hetero) is 1. The fourth-order valence-electron chi connectivity index (χ4n) is 1.62. The van der Waals surface area contributed by atoms with Crippen molar-refractivity contribution in [3.63, 3.8) is 0 Å². The smallest absolute Gasteiger partial charge is 0.130 e. The van der Waals surface area contributed by atoms with Crippen molar-refractivity contribution < 1.29 is 13.6 Å². The Morgan fingerprint density at radius 1 is 1.35 bits per heavy atom. The second-order valence-corrected chi connectivity index (χ2v) is 4.28. The van der Waals surface area contributed by atoms with Gasteiger partial charge in [0, 0.05) is 24.6 Å². The number of ketones is 1. The van der Waals surface area contributed by atoms with E-state index >= 15 is 0 Å². The van der Waals surface area contributed by atoms with Gasteiger partial charge in [-0.25, -0.2) is 8.78 Å². The fraction of sp³-hybridized carbons (Fsp3) is 0.462. The summed E-state index contributed by atoms with van der Waals surface area (Å²) in [5.41, 5.74) is 0.469. The fourth-order valence-corrected chi connectivity index (χ4v) is 1.62. The Kier molecular flexibility index (Phi) is 5.22. The van der Waals surface area contributed by atoms with Crippen LogP contribution in [0.1, 0.15) is 25.3 Å². The largest absolute Gasteiger partial charge is 0.302 e. The van der Waals surface area contributed by atoms with E-state index in [1.807, 2.05) is 11.9 Å². The van der Waals surface area contributed by atoms with Crippen LogP contribution >= 0.6 is 0 Å². The van der Waals surface area contributed by atoms with Crippen molar-refractivity contribution in [2.75, 3.05) is 13.6 Å². The first-order chi connectivity index (χ1) is 7.99. The van der Waals surface area contributed by atoms with E-state index in [1.165, 1.54) is 12.1 Å². The van der Waals surface area contributed by atoms with E-state index < -0.39 is 11.6 Å². The Morgan fingerprint density at radius 2 is 2.06 bits per heavy atom. The quantitative estimate of drug-likeness (QED) is 0.763. The van der Waals surface area contributed by atoms with Gasteiger partial charge in [0.15, 0.2) is 0 Å². The second kappa shape index (κ2) is 6.45. The molecule has 0 aliphatic rings. The lowest BCUT2D eigenvalue weighted by molar-refractivity contribution is -0.117. The summed E-state index contributed by atoms with van der Waals surface area (Å²) in [6.07, 6.45) is 1.30. The maximum atomic E-state index is 13.3. The molecular formula is C13H17F2NO. The molecule has 0 heterocycles. The molecule has 0 bridgehead atoms. The first kappa shape index (κ1) is 13.8. The van der Waals surface area contributed by atoms with Gasteiger partial charge in [-0.1, -0.05) is 6.07 Å². The van der Waals surface area contributed by atoms with Gasteiger partial charge in [0.25, 0.3) is 0 Å². The van der Waals surface area contributed by atoms with Crippen LogP contribution in [-0.2, 0) is 11.3 Å². The van der Waals surface area contributed by atoms with Gasteiger partial charge in [0.05, 0.1) is 0 Å². The Hall–Kier alpha value is -1.29. The lowest BCUT2D eigenvalue weighted by Crippen LogP contribution is -2.20. The molecule has 1 aromatic carbocycles. The van der Waals surface area contributed by atoms with Crippen molar-refractivity contribution in [1.82, 2.24) is 4.90 Å². The Morgan fingerprint density at radius 3 is 2.65 bits per heavy atom. The Bertz CT molecular complexity index is 393. The van der Waals surface area contributed by atoms with Crippen molar-refractivity contribution in [3.05, 3.63) is 35.4 Å². The number of rotatable bonds is 6. The van der Waals surface area contributed by atoms with Crippen LogP contribution in [0.2, 0.25) is 0 Å². The van der Waals surface area contributed by atoms with Crippen LogP contribution in [0.5, 0.6) is 0 Å². The molecule has 0 fully saturated rings. The highest BCUT2D eigenvalue weighted by molar-refractivity contribution is 5.75. The Balaban J connectivity index is 2.44. The van der Waals surface area contributed by atoms with Crippen molar-refractivity contribution in [2.45, 2.75) is 26.3 Å². The summed E-state index contributed by atoms with van der Waals surface area (Å²) in [6.45, 7) is 2.69. The molecule has 0 N–H and O–H groups in total. The number of carbonyl (C=O) groups is 1. The molecule has 0 unspecified atom stereocenters. The molecule has 4 heteroatoms. The molecule has 1 rings (SSSR count). The van der Waals surface area contributed by atoms with Crippen LogP contribution < -0.4 is 0 Å². The molecular weight excluding hydrogens is 224 g/mol. The highest BCUT2D eigenvalue weighted by atomic mass is 19.1. The van der Waals surface area contributed by atoms with Gasteiger partial charge >= 0.3 is 0 Å². The SMILES string of the molecule is CC(=O)CCCN(C)Cc1ccc(F)cc1F. The molecule has 0 spiro atoms. The van der Waals surface area contributed by atoms with Gasteiger partial charge in [0.1, 0.15) is 17.4 Å². The third-order valence-corrected chi connectivity index (χ3v) is 2.52. The minimum absolute atomic E-state index is 0.159. The van der Waals surface area contributed by atoms with E-state index in [4.69, 9.17) is 0 Å². The number of benzene rings is 1. The van der Waals surface area contributed by atoms with Gasteiger partial charge in [-0.3, -0.25) is 0 Å². The summed E-state index contributed by atoms with van der Waals surface area (Å²) >= 11 is 0. The lowest BCUT2D eigenvalue weighted by Gasteiger charge is -2.16. The highest BCUT2D eigenvalue weighted by Crippen LogP contribution is 2.11. The number of carbonyl (C=O) groups excluding carboxylic acids is 1. The van der Waals surface area contributed by atoms with Gasteiger partial charge < -0.3 is 9.69 Å². The van der Waals surface area contributed by atoms with E-state index in [1.54, 1.807) is 6.92 Å². The normalized spacial score (nSPS) is 10.9. The molecule has 0 saturated heterocycles. The molecule has 0 aliphatic carbocycles. The summed E-state index contributed by atoms with van der Waals surface area (Å²) < 4.78 is 26.0. The summed E-state index contributed by atoms with van der Waals surface area (Å²) in [4.78, 5) is 12.7. The number of hydrogen-bond donors (Lipinski definition) is 0. The maximum absolute atomic E-state index is 13.3. The summed E-state index contributed by atoms with van der Waals surface area (Å²) in [5.74, 6) is -0.930. The third-order valence-electron chi connectivity index (χ3n) is 2.52. The molecule has 0 saturated carbocycles. The highest BCUT2D eigenvalue weighted by Gasteiger charge is 2.07. The molecule has 1 aromatic rings. The van der Waals surface area contributed by atoms with E-state index in [0.29, 0.717) is 18.5 Å². The molecule has 0 radical (unpaired) electrons. The Labute approximate surface area is 100 Å². The summed E-state index contributed by atoms with van der Waals surface area (Å²) in [7, 11) is 1.85. The van der Waals surface area contributed by atoms with Crippen LogP contribution in [-0.4, -0.2) is 24.3 Å². The minimum atomic E-state index is -0.564. The molecule has 2 nitrogen and oxygen atoms in total. The summed E-state index contributed by atoms with van der Waals surface area (Å²) in [6, 6.07) is 3.59. The zero-order valence-corrected chi connectivity index (χ0v) is 10.2. The average Bonchev–Trinajstić information content (AvgIpc) is 2.21. The molecule has 0 amide bonds. The van der Waals surface area contributed by atoms with Crippen molar-refractivity contribution in [3.8, 4) is 0 Å². The standard InChI is InChI=1S/C13H17F2NO/c1-10(17)4-3-7-16(2)9-11-5-6-12(14)8-13(11)15/h5-6,8H,3-4,7,9H2,1-2H3. The zero-order chi connectivity index (χ0) is 12.8. The van der Waals surface area contributed by atoms with E-state index in [0.717, 1.165) is 19.0 Å². The molecule has 17 heavy (non-hydrogen) atoms. The predicted octanol–water partition coefficient (Wildman–Crippen LogP) is 2.77.